The second-order valence-corrected chi connectivity index (χ2v) is 6.91. The number of methoxy groups -OCH3 is 1. The molecule has 0 heterocycles. The average Bonchev–Trinajstić information content (AvgIpc) is 2.58. The van der Waals surface area contributed by atoms with Gasteiger partial charge in [0.05, 0.1) is 7.11 Å². The quantitative estimate of drug-likeness (QED) is 0.612. The van der Waals surface area contributed by atoms with Gasteiger partial charge in [-0.1, -0.05) is 37.5 Å². The predicted octanol–water partition coefficient (Wildman–Crippen LogP) is 3.89. The molecule has 0 bridgehead atoms. The number of hydrogen-bond acceptors (Lipinski definition) is 3. The van der Waals surface area contributed by atoms with E-state index in [0.29, 0.717) is 0 Å². The highest BCUT2D eigenvalue weighted by atomic mass is 32.2. The van der Waals surface area contributed by atoms with Gasteiger partial charge < -0.3 is 10.1 Å². The van der Waals surface area contributed by atoms with Crippen LogP contribution in [0.25, 0.3) is 6.08 Å². The van der Waals surface area contributed by atoms with Crippen LogP contribution in [0.5, 0.6) is 5.75 Å². The lowest BCUT2D eigenvalue weighted by Gasteiger charge is -2.20. The number of para-hydroxylation sites is 1. The molecule has 4 heteroatoms. The Bertz CT molecular complexity index is 496. The van der Waals surface area contributed by atoms with Crippen molar-refractivity contribution in [3.63, 3.8) is 0 Å². The molecule has 0 radical (unpaired) electrons. The zero-order valence-electron chi connectivity index (χ0n) is 13.2. The Hall–Kier alpha value is -1.42. The fraction of sp³-hybridized carbons (Fsp3) is 0.500. The molecule has 0 unspecified atom stereocenters. The summed E-state index contributed by atoms with van der Waals surface area (Å²) in [6, 6.07) is 7.67. The molecule has 0 spiro atoms. The van der Waals surface area contributed by atoms with Crippen LogP contribution in [0, 0.1) is 0 Å². The van der Waals surface area contributed by atoms with Crippen LogP contribution >= 0.6 is 11.8 Å². The molecule has 1 aromatic rings. The van der Waals surface area contributed by atoms with Crippen LogP contribution in [0.15, 0.2) is 30.3 Å². The van der Waals surface area contributed by atoms with Gasteiger partial charge in [-0.25, -0.2) is 0 Å². The fourth-order valence-corrected chi connectivity index (χ4v) is 3.88. The molecule has 1 aliphatic rings. The maximum absolute atomic E-state index is 11.8. The third-order valence-corrected chi connectivity index (χ3v) is 5.24. The Morgan fingerprint density at radius 3 is 2.86 bits per heavy atom. The first-order valence-electron chi connectivity index (χ1n) is 8.00. The Morgan fingerprint density at radius 2 is 2.09 bits per heavy atom. The number of amides is 1. The fourth-order valence-electron chi connectivity index (χ4n) is 2.66. The van der Waals surface area contributed by atoms with Crippen LogP contribution in [0.4, 0.5) is 0 Å². The summed E-state index contributed by atoms with van der Waals surface area (Å²) in [4.78, 5) is 11.8. The molecule has 1 N–H and O–H groups in total. The zero-order chi connectivity index (χ0) is 15.6. The molecule has 1 amide bonds. The minimum atomic E-state index is -0.0462. The maximum atomic E-state index is 11.8. The smallest absolute Gasteiger partial charge is 0.244 e. The van der Waals surface area contributed by atoms with Crippen molar-refractivity contribution in [1.82, 2.24) is 5.32 Å². The lowest BCUT2D eigenvalue weighted by Crippen LogP contribution is -2.24. The van der Waals surface area contributed by atoms with E-state index >= 15 is 0 Å². The summed E-state index contributed by atoms with van der Waals surface area (Å²) in [5.74, 6) is 1.73. The van der Waals surface area contributed by atoms with Crippen LogP contribution < -0.4 is 10.1 Å². The Labute approximate surface area is 137 Å². The number of thioether (sulfide) groups is 1. The van der Waals surface area contributed by atoms with Gasteiger partial charge in [0.2, 0.25) is 5.91 Å². The van der Waals surface area contributed by atoms with Crippen LogP contribution in [0.3, 0.4) is 0 Å². The van der Waals surface area contributed by atoms with Gasteiger partial charge in [-0.3, -0.25) is 4.79 Å². The summed E-state index contributed by atoms with van der Waals surface area (Å²) in [6.45, 7) is 0.732. The highest BCUT2D eigenvalue weighted by Gasteiger charge is 2.13. The van der Waals surface area contributed by atoms with E-state index in [1.54, 1.807) is 19.3 Å². The van der Waals surface area contributed by atoms with E-state index in [4.69, 9.17) is 4.74 Å². The minimum Gasteiger partial charge on any atom is -0.496 e. The molecule has 0 atom stereocenters. The molecule has 0 saturated heterocycles. The molecule has 1 aliphatic carbocycles. The summed E-state index contributed by atoms with van der Waals surface area (Å²) >= 11 is 2.00. The van der Waals surface area contributed by atoms with Crippen LogP contribution in [-0.4, -0.2) is 30.6 Å². The molecule has 120 valence electrons. The zero-order valence-corrected chi connectivity index (χ0v) is 14.0. The van der Waals surface area contributed by atoms with E-state index in [9.17, 15) is 4.79 Å². The number of nitrogens with one attached hydrogen (secondary N) is 1. The molecule has 1 saturated carbocycles. The summed E-state index contributed by atoms with van der Waals surface area (Å²) in [7, 11) is 1.63. The van der Waals surface area contributed by atoms with Crippen molar-refractivity contribution in [1.29, 1.82) is 0 Å². The molecule has 1 aromatic carbocycles. The maximum Gasteiger partial charge on any atom is 0.244 e. The van der Waals surface area contributed by atoms with Gasteiger partial charge in [0, 0.05) is 29.2 Å². The molecule has 3 nitrogen and oxygen atoms in total. The van der Waals surface area contributed by atoms with Crippen molar-refractivity contribution < 1.29 is 9.53 Å². The van der Waals surface area contributed by atoms with Gasteiger partial charge >= 0.3 is 0 Å². The van der Waals surface area contributed by atoms with Crippen molar-refractivity contribution in [2.45, 2.75) is 37.4 Å². The Balaban J connectivity index is 1.67. The summed E-state index contributed by atoms with van der Waals surface area (Å²) in [5.41, 5.74) is 0.914. The van der Waals surface area contributed by atoms with Gasteiger partial charge in [-0.05, 0) is 25.0 Å². The second-order valence-electron chi connectivity index (χ2n) is 5.50. The first-order chi connectivity index (χ1) is 10.8. The van der Waals surface area contributed by atoms with Crippen molar-refractivity contribution in [3.8, 4) is 5.75 Å². The van der Waals surface area contributed by atoms with E-state index < -0.39 is 0 Å². The Morgan fingerprint density at radius 1 is 1.32 bits per heavy atom. The molecule has 22 heavy (non-hydrogen) atoms. The summed E-state index contributed by atoms with van der Waals surface area (Å²) in [6.07, 6.45) is 10.2. The van der Waals surface area contributed by atoms with Crippen molar-refractivity contribution in [2.24, 2.45) is 0 Å². The second kappa shape index (κ2) is 9.57. The van der Waals surface area contributed by atoms with Crippen molar-refractivity contribution >= 4 is 23.7 Å². The number of ether oxygens (including phenoxy) is 1. The van der Waals surface area contributed by atoms with Gasteiger partial charge in [0.15, 0.2) is 0 Å². The van der Waals surface area contributed by atoms with E-state index in [1.165, 1.54) is 32.1 Å². The highest BCUT2D eigenvalue weighted by Crippen LogP contribution is 2.27. The van der Waals surface area contributed by atoms with E-state index in [2.05, 4.69) is 5.32 Å². The number of benzene rings is 1. The molecular weight excluding hydrogens is 294 g/mol. The van der Waals surface area contributed by atoms with E-state index in [1.807, 2.05) is 36.0 Å². The van der Waals surface area contributed by atoms with Crippen LogP contribution in [0.1, 0.15) is 37.7 Å². The monoisotopic (exact) mass is 319 g/mol. The SMILES string of the molecule is COc1ccccc1/C=C/C(=O)NCCSC1CCCCC1. The van der Waals surface area contributed by atoms with Gasteiger partial charge in [-0.15, -0.1) is 0 Å². The van der Waals surface area contributed by atoms with Crippen molar-refractivity contribution in [3.05, 3.63) is 35.9 Å². The predicted molar refractivity (Wildman–Crippen MR) is 94.4 cm³/mol. The average molecular weight is 319 g/mol. The summed E-state index contributed by atoms with van der Waals surface area (Å²) < 4.78 is 5.26. The third kappa shape index (κ3) is 5.76. The number of hydrogen-bond donors (Lipinski definition) is 1. The number of rotatable bonds is 7. The highest BCUT2D eigenvalue weighted by molar-refractivity contribution is 7.99. The number of carbonyl (C=O) groups is 1. The number of carbonyl (C=O) groups excluding carboxylic acids is 1. The third-order valence-electron chi connectivity index (χ3n) is 3.86. The van der Waals surface area contributed by atoms with E-state index in [-0.39, 0.29) is 5.91 Å². The van der Waals surface area contributed by atoms with Crippen LogP contribution in [-0.2, 0) is 4.79 Å². The molecule has 2 rings (SSSR count). The molecule has 0 aromatic heterocycles. The van der Waals surface area contributed by atoms with Crippen LogP contribution in [0.2, 0.25) is 0 Å². The summed E-state index contributed by atoms with van der Waals surface area (Å²) in [5, 5.41) is 3.74. The molecular formula is C18H25NO2S. The molecule has 1 fully saturated rings. The van der Waals surface area contributed by atoms with Gasteiger partial charge in [0.1, 0.15) is 5.75 Å². The minimum absolute atomic E-state index is 0.0462. The normalized spacial score (nSPS) is 15.9. The lowest BCUT2D eigenvalue weighted by atomic mass is 10.0. The lowest BCUT2D eigenvalue weighted by molar-refractivity contribution is -0.116. The largest absolute Gasteiger partial charge is 0.496 e. The first-order valence-corrected chi connectivity index (χ1v) is 9.05. The standard InChI is InChI=1S/C18H25NO2S/c1-21-17-10-6-5-7-15(17)11-12-18(20)19-13-14-22-16-8-3-2-4-9-16/h5-7,10-12,16H,2-4,8-9,13-14H2,1H3,(H,19,20)/b12-11+. The van der Waals surface area contributed by atoms with E-state index in [0.717, 1.165) is 28.9 Å². The first kappa shape index (κ1) is 16.9. The van der Waals surface area contributed by atoms with Crippen molar-refractivity contribution in [2.75, 3.05) is 19.4 Å². The Kier molecular flexibility index (Phi) is 7.37. The topological polar surface area (TPSA) is 38.3 Å². The molecule has 0 aliphatic heterocycles. The van der Waals surface area contributed by atoms with Gasteiger partial charge in [0.25, 0.3) is 0 Å². The van der Waals surface area contributed by atoms with Gasteiger partial charge in [-0.2, -0.15) is 11.8 Å².